The van der Waals surface area contributed by atoms with E-state index in [9.17, 15) is 0 Å². The van der Waals surface area contributed by atoms with E-state index >= 15 is 0 Å². The average Bonchev–Trinajstić information content (AvgIpc) is 1.71. The minimum atomic E-state index is -2.20. The molecule has 0 radical (unpaired) electrons. The normalized spacial score (nSPS) is 17.9. The van der Waals surface area contributed by atoms with Gasteiger partial charge in [0.15, 0.2) is 0 Å². The van der Waals surface area contributed by atoms with Crippen LogP contribution in [0.25, 0.3) is 0 Å². The molecule has 82 heavy (non-hydrogen) atoms. The van der Waals surface area contributed by atoms with Gasteiger partial charge in [0.05, 0.1) is 0 Å². The van der Waals surface area contributed by atoms with Crippen LogP contribution in [-0.4, -0.2) is 48.4 Å². The Kier molecular flexibility index (Phi) is 37.4. The molecule has 0 N–H and O–H groups in total. The quantitative estimate of drug-likeness (QED) is 0.0533. The molecule has 0 unspecified atom stereocenters. The summed E-state index contributed by atoms with van der Waals surface area (Å²) in [6, 6.07) is 31.5. The third-order valence-corrected chi connectivity index (χ3v) is 94.8. The van der Waals surface area contributed by atoms with Crippen molar-refractivity contribution < 1.29 is 14.1 Å². The molecular weight excluding hydrogens is 1120 g/mol. The molecular formula is C75H159CrSi6. The Hall–Kier alpha value is 1.83. The first kappa shape index (κ1) is 78.1. The van der Waals surface area contributed by atoms with Crippen LogP contribution >= 0.6 is 0 Å². The van der Waals surface area contributed by atoms with Gasteiger partial charge in [-0.1, -0.05) is 0 Å². The molecule has 3 saturated carbocycles. The van der Waals surface area contributed by atoms with Crippen LogP contribution in [0.1, 0.15) is 337 Å². The SMILES string of the molecule is CCC[Si](CCC)(CCC)[C](C1CCCCC1)([Cr]([C](C1CCCCC1)([Si](CCC)(CCC)CCC)[Si](CCC)(CCC)CCC)[C](C1CCCCC1)([Si](CCC)(CCC)CCC)[Si](CCC)(CCC)CCC)[Si](CCC)(CCC)CCC. The monoisotopic (exact) mass is 1280 g/mol. The Morgan fingerprint density at radius 3 is 0.402 bits per heavy atom. The first-order valence-corrected chi connectivity index (χ1v) is 57.2. The molecule has 0 saturated heterocycles. The Morgan fingerprint density at radius 1 is 0.195 bits per heavy atom. The molecule has 0 aromatic rings. The van der Waals surface area contributed by atoms with Crippen molar-refractivity contribution in [3.05, 3.63) is 0 Å². The van der Waals surface area contributed by atoms with Gasteiger partial charge >= 0.3 is 536 Å². The van der Waals surface area contributed by atoms with E-state index in [1.54, 1.807) is 205 Å². The minimum absolute atomic E-state index is 0.737. The number of hydrogen-bond acceptors (Lipinski definition) is 0. The van der Waals surface area contributed by atoms with Crippen LogP contribution < -0.4 is 0 Å². The molecule has 0 bridgehead atoms. The maximum absolute atomic E-state index is 2.86. The van der Waals surface area contributed by atoms with Crippen molar-refractivity contribution in [3.8, 4) is 0 Å². The topological polar surface area (TPSA) is 0 Å². The van der Waals surface area contributed by atoms with Gasteiger partial charge in [-0.15, -0.1) is 0 Å². The van der Waals surface area contributed by atoms with E-state index in [0.29, 0.717) is 0 Å². The molecule has 3 aliphatic rings. The summed E-state index contributed by atoms with van der Waals surface area (Å²) in [4.78, 5) is 0. The standard InChI is InChI=1S/3C25H53Si2.Cr/c3*1-7-18-26(19-8-2,20-9-3)25(24-16-14-13-15-17-24)27(21-10-4,22-11-5)23-12-6;/h3*24H,7-23H2,1-6H3;. The van der Waals surface area contributed by atoms with E-state index in [1.807, 2.05) is 0 Å². The summed E-state index contributed by atoms with van der Waals surface area (Å²) in [5.74, 6) is 3.18. The van der Waals surface area contributed by atoms with Gasteiger partial charge in [0.25, 0.3) is 0 Å². The second-order valence-corrected chi connectivity index (χ2v) is 68.8. The molecule has 489 valence electrons. The summed E-state index contributed by atoms with van der Waals surface area (Å²) in [5, 5.41) is 0. The predicted octanol–water partition coefficient (Wildman–Crippen LogP) is 29.1. The van der Waals surface area contributed by atoms with Crippen LogP contribution in [0.5, 0.6) is 0 Å². The predicted molar refractivity (Wildman–Crippen MR) is 394 cm³/mol. The first-order chi connectivity index (χ1) is 39.8. The number of rotatable bonds is 48. The van der Waals surface area contributed by atoms with Crippen LogP contribution in [0.2, 0.25) is 119 Å². The van der Waals surface area contributed by atoms with Crippen molar-refractivity contribution >= 4 is 48.4 Å². The second kappa shape index (κ2) is 39.3. The van der Waals surface area contributed by atoms with Crippen molar-refractivity contribution in [3.63, 3.8) is 0 Å². The van der Waals surface area contributed by atoms with Gasteiger partial charge in [-0.25, -0.2) is 0 Å². The van der Waals surface area contributed by atoms with Crippen molar-refractivity contribution in [1.29, 1.82) is 0 Å². The molecule has 7 heteroatoms. The molecule has 0 aliphatic heterocycles. The maximum atomic E-state index is 2.86. The van der Waals surface area contributed by atoms with Crippen LogP contribution in [0.4, 0.5) is 0 Å². The van der Waals surface area contributed by atoms with Crippen molar-refractivity contribution in [1.82, 2.24) is 0 Å². The fourth-order valence-corrected chi connectivity index (χ4v) is 123. The van der Waals surface area contributed by atoms with Gasteiger partial charge in [-0.3, -0.25) is 0 Å². The molecule has 0 aromatic heterocycles. The summed E-state index contributed by atoms with van der Waals surface area (Å²) in [6.45, 7) is 51.5. The molecule has 0 amide bonds. The molecule has 0 aromatic carbocycles. The van der Waals surface area contributed by atoms with Crippen molar-refractivity contribution in [2.75, 3.05) is 0 Å². The first-order valence-electron chi connectivity index (χ1n) is 39.5. The van der Waals surface area contributed by atoms with Gasteiger partial charge in [0, 0.05) is 0 Å². The molecule has 0 spiro atoms. The second-order valence-electron chi connectivity index (χ2n) is 30.7. The van der Waals surface area contributed by atoms with Crippen LogP contribution in [0.3, 0.4) is 0 Å². The van der Waals surface area contributed by atoms with Gasteiger partial charge in [0.2, 0.25) is 0 Å². The Labute approximate surface area is 532 Å². The molecule has 0 heterocycles. The van der Waals surface area contributed by atoms with Gasteiger partial charge in [-0.05, 0) is 0 Å². The van der Waals surface area contributed by atoms with E-state index in [1.165, 1.54) is 116 Å². The Bertz CT molecular complexity index is 1240. The summed E-state index contributed by atoms with van der Waals surface area (Å²) in [6.07, 6.45) is 51.9. The van der Waals surface area contributed by atoms with E-state index in [2.05, 4.69) is 125 Å². The summed E-state index contributed by atoms with van der Waals surface area (Å²) >= 11 is -1.83. The van der Waals surface area contributed by atoms with Crippen molar-refractivity contribution in [2.24, 2.45) is 17.8 Å². The van der Waals surface area contributed by atoms with Crippen LogP contribution in [-0.2, 0) is 14.1 Å². The average molecular weight is 1280 g/mol. The zero-order chi connectivity index (χ0) is 60.9. The molecule has 0 atom stereocenters. The third-order valence-electron chi connectivity index (χ3n) is 25.3. The summed E-state index contributed by atoms with van der Waals surface area (Å²) in [7, 11) is -13.2. The Balaban J connectivity index is 3.82. The Morgan fingerprint density at radius 2 is 0.305 bits per heavy atom. The van der Waals surface area contributed by atoms with Crippen molar-refractivity contribution in [2.45, 2.75) is 456 Å². The van der Waals surface area contributed by atoms with Gasteiger partial charge in [-0.2, -0.15) is 0 Å². The van der Waals surface area contributed by atoms with Gasteiger partial charge < -0.3 is 0 Å². The number of hydrogen-bond donors (Lipinski definition) is 0. The summed E-state index contributed by atoms with van der Waals surface area (Å²) < 4.78 is 2.21. The zero-order valence-electron chi connectivity index (χ0n) is 60.7. The molecule has 3 fully saturated rings. The fourth-order valence-electron chi connectivity index (χ4n) is 25.6. The van der Waals surface area contributed by atoms with Gasteiger partial charge in [0.1, 0.15) is 0 Å². The van der Waals surface area contributed by atoms with E-state index in [-0.39, 0.29) is 0 Å². The van der Waals surface area contributed by atoms with Crippen LogP contribution in [0, 0.1) is 17.8 Å². The molecule has 3 rings (SSSR count). The van der Waals surface area contributed by atoms with E-state index in [0.717, 1.165) is 28.3 Å². The fraction of sp³-hybridized carbons (Fsp3) is 1.00. The molecule has 3 aliphatic carbocycles. The van der Waals surface area contributed by atoms with E-state index in [4.69, 9.17) is 0 Å². The van der Waals surface area contributed by atoms with Crippen LogP contribution in [0.15, 0.2) is 0 Å². The zero-order valence-corrected chi connectivity index (χ0v) is 68.0. The third kappa shape index (κ3) is 15.2. The summed E-state index contributed by atoms with van der Waals surface area (Å²) in [5.41, 5.74) is 0. The van der Waals surface area contributed by atoms with E-state index < -0.39 is 62.6 Å². The molecule has 0 nitrogen and oxygen atoms in total.